The van der Waals surface area contributed by atoms with Crippen molar-refractivity contribution in [3.05, 3.63) is 0 Å². The van der Waals surface area contributed by atoms with Gasteiger partial charge in [0.15, 0.2) is 0 Å². The minimum absolute atomic E-state index is 0.0410. The highest BCUT2D eigenvalue weighted by Crippen LogP contribution is 1.99. The van der Waals surface area contributed by atoms with Gasteiger partial charge in [-0.1, -0.05) is 0 Å². The summed E-state index contributed by atoms with van der Waals surface area (Å²) in [5.41, 5.74) is 0. The Morgan fingerprint density at radius 3 is 2.24 bits per heavy atom. The molecule has 0 atom stereocenters. The third kappa shape index (κ3) is 12.7. The molecule has 0 saturated heterocycles. The summed E-state index contributed by atoms with van der Waals surface area (Å²) in [6.07, 6.45) is 1.20. The standard InChI is InChI=1S/C14H31N3O4/c1-16(2)9-6-8-15-14(18)7-10-17(3)21-13(11-19-4)12-20-5/h13H,6-12H2,1-5H3,(H,15,18). The first-order chi connectivity index (χ1) is 9.99. The lowest BCUT2D eigenvalue weighted by Gasteiger charge is -2.23. The van der Waals surface area contributed by atoms with E-state index < -0.39 is 0 Å². The third-order valence-corrected chi connectivity index (χ3v) is 2.79. The topological polar surface area (TPSA) is 63.3 Å². The van der Waals surface area contributed by atoms with Gasteiger partial charge in [-0.05, 0) is 27.1 Å². The first kappa shape index (κ1) is 20.3. The highest BCUT2D eigenvalue weighted by Gasteiger charge is 2.13. The number of nitrogens with zero attached hydrogens (tertiary/aromatic N) is 2. The van der Waals surface area contributed by atoms with E-state index in [0.717, 1.165) is 13.0 Å². The second-order valence-electron chi connectivity index (χ2n) is 5.25. The van der Waals surface area contributed by atoms with E-state index in [1.165, 1.54) is 0 Å². The van der Waals surface area contributed by atoms with Crippen LogP contribution in [0.5, 0.6) is 0 Å². The molecule has 0 saturated carbocycles. The van der Waals surface area contributed by atoms with E-state index in [4.69, 9.17) is 14.3 Å². The fourth-order valence-corrected chi connectivity index (χ4v) is 1.76. The number of hydrogen-bond donors (Lipinski definition) is 1. The van der Waals surface area contributed by atoms with E-state index in [1.54, 1.807) is 26.3 Å². The zero-order valence-electron chi connectivity index (χ0n) is 14.1. The molecule has 0 aromatic heterocycles. The van der Waals surface area contributed by atoms with Gasteiger partial charge in [0.1, 0.15) is 6.10 Å². The first-order valence-electron chi connectivity index (χ1n) is 7.26. The molecule has 0 bridgehead atoms. The van der Waals surface area contributed by atoms with Crippen molar-refractivity contribution in [2.45, 2.75) is 18.9 Å². The summed E-state index contributed by atoms with van der Waals surface area (Å²) in [6, 6.07) is 0. The Morgan fingerprint density at radius 2 is 1.71 bits per heavy atom. The highest BCUT2D eigenvalue weighted by atomic mass is 16.7. The van der Waals surface area contributed by atoms with Gasteiger partial charge in [0, 0.05) is 40.8 Å². The fourth-order valence-electron chi connectivity index (χ4n) is 1.76. The van der Waals surface area contributed by atoms with Crippen LogP contribution in [-0.4, -0.2) is 90.2 Å². The van der Waals surface area contributed by atoms with Crippen LogP contribution in [0.4, 0.5) is 0 Å². The summed E-state index contributed by atoms with van der Waals surface area (Å²) in [5, 5.41) is 4.55. The van der Waals surface area contributed by atoms with E-state index in [9.17, 15) is 4.79 Å². The number of hydroxylamine groups is 2. The number of methoxy groups -OCH3 is 2. The molecule has 0 aliphatic carbocycles. The van der Waals surface area contributed by atoms with Gasteiger partial charge in [0.2, 0.25) is 5.91 Å². The van der Waals surface area contributed by atoms with Gasteiger partial charge in [-0.3, -0.25) is 9.63 Å². The molecule has 0 unspecified atom stereocenters. The summed E-state index contributed by atoms with van der Waals surface area (Å²) in [7, 11) is 9.08. The van der Waals surface area contributed by atoms with Crippen LogP contribution < -0.4 is 5.32 Å². The van der Waals surface area contributed by atoms with E-state index in [1.807, 2.05) is 14.1 Å². The van der Waals surface area contributed by atoms with Crippen molar-refractivity contribution in [1.29, 1.82) is 0 Å². The lowest BCUT2D eigenvalue weighted by atomic mass is 10.3. The molecule has 0 heterocycles. The Labute approximate surface area is 128 Å². The molecule has 7 heteroatoms. The van der Waals surface area contributed by atoms with Gasteiger partial charge in [-0.15, -0.1) is 0 Å². The molecule has 126 valence electrons. The monoisotopic (exact) mass is 305 g/mol. The van der Waals surface area contributed by atoms with E-state index in [2.05, 4.69) is 10.2 Å². The third-order valence-electron chi connectivity index (χ3n) is 2.79. The Bertz CT molecular complexity index is 259. The molecule has 0 rings (SSSR count). The Balaban J connectivity index is 3.74. The number of rotatable bonds is 13. The van der Waals surface area contributed by atoms with Crippen molar-refractivity contribution < 1.29 is 19.1 Å². The molecule has 0 aliphatic rings. The van der Waals surface area contributed by atoms with E-state index in [0.29, 0.717) is 32.7 Å². The maximum absolute atomic E-state index is 11.7. The van der Waals surface area contributed by atoms with Crippen LogP contribution in [-0.2, 0) is 19.1 Å². The first-order valence-corrected chi connectivity index (χ1v) is 7.26. The molecule has 0 fully saturated rings. The van der Waals surface area contributed by atoms with Gasteiger partial charge in [-0.25, -0.2) is 0 Å². The summed E-state index contributed by atoms with van der Waals surface area (Å²) in [6.45, 7) is 3.11. The number of amides is 1. The smallest absolute Gasteiger partial charge is 0.221 e. The average Bonchev–Trinajstić information content (AvgIpc) is 2.42. The Kier molecular flexibility index (Phi) is 12.5. The van der Waals surface area contributed by atoms with Crippen LogP contribution in [0.1, 0.15) is 12.8 Å². The summed E-state index contributed by atoms with van der Waals surface area (Å²) >= 11 is 0. The van der Waals surface area contributed by atoms with Crippen LogP contribution in [0.25, 0.3) is 0 Å². The fraction of sp³-hybridized carbons (Fsp3) is 0.929. The van der Waals surface area contributed by atoms with Crippen molar-refractivity contribution in [2.24, 2.45) is 0 Å². The Morgan fingerprint density at radius 1 is 1.10 bits per heavy atom. The van der Waals surface area contributed by atoms with Gasteiger partial charge in [0.25, 0.3) is 0 Å². The lowest BCUT2D eigenvalue weighted by Crippen LogP contribution is -2.35. The number of nitrogens with one attached hydrogen (secondary N) is 1. The summed E-state index contributed by atoms with van der Waals surface area (Å²) in [5.74, 6) is 0.0410. The molecule has 7 nitrogen and oxygen atoms in total. The van der Waals surface area contributed by atoms with Crippen LogP contribution in [0.2, 0.25) is 0 Å². The summed E-state index contributed by atoms with van der Waals surface area (Å²) in [4.78, 5) is 19.4. The van der Waals surface area contributed by atoms with Crippen molar-refractivity contribution in [3.8, 4) is 0 Å². The zero-order valence-corrected chi connectivity index (χ0v) is 14.1. The van der Waals surface area contributed by atoms with Crippen molar-refractivity contribution in [3.63, 3.8) is 0 Å². The van der Waals surface area contributed by atoms with Crippen LogP contribution in [0.3, 0.4) is 0 Å². The van der Waals surface area contributed by atoms with Gasteiger partial charge in [0.05, 0.1) is 13.2 Å². The largest absolute Gasteiger partial charge is 0.382 e. The maximum Gasteiger partial charge on any atom is 0.221 e. The molecule has 21 heavy (non-hydrogen) atoms. The molecular weight excluding hydrogens is 274 g/mol. The molecule has 0 aromatic carbocycles. The van der Waals surface area contributed by atoms with Crippen LogP contribution >= 0.6 is 0 Å². The number of hydrogen-bond acceptors (Lipinski definition) is 6. The quantitative estimate of drug-likeness (QED) is 0.381. The predicted molar refractivity (Wildman–Crippen MR) is 82.1 cm³/mol. The van der Waals surface area contributed by atoms with Crippen LogP contribution in [0, 0.1) is 0 Å². The van der Waals surface area contributed by atoms with Gasteiger partial charge in [-0.2, -0.15) is 5.06 Å². The van der Waals surface area contributed by atoms with Crippen molar-refractivity contribution in [2.75, 3.05) is 68.2 Å². The normalized spacial score (nSPS) is 11.6. The number of carbonyl (C=O) groups excluding carboxylic acids is 1. The maximum atomic E-state index is 11.7. The van der Waals surface area contributed by atoms with Gasteiger partial charge >= 0.3 is 0 Å². The van der Waals surface area contributed by atoms with Crippen molar-refractivity contribution >= 4 is 5.91 Å². The molecule has 1 N–H and O–H groups in total. The van der Waals surface area contributed by atoms with E-state index >= 15 is 0 Å². The molecule has 0 aromatic rings. The second-order valence-corrected chi connectivity index (χ2v) is 5.25. The van der Waals surface area contributed by atoms with Crippen molar-refractivity contribution in [1.82, 2.24) is 15.3 Å². The molecular formula is C14H31N3O4. The predicted octanol–water partition coefficient (Wildman–Crippen LogP) is -0.0308. The minimum atomic E-state index is -0.159. The number of ether oxygens (including phenoxy) is 2. The second kappa shape index (κ2) is 13.0. The summed E-state index contributed by atoms with van der Waals surface area (Å²) < 4.78 is 10.1. The molecule has 0 radical (unpaired) electrons. The lowest BCUT2D eigenvalue weighted by molar-refractivity contribution is -0.206. The minimum Gasteiger partial charge on any atom is -0.382 e. The molecule has 0 spiro atoms. The SMILES string of the molecule is COCC(COC)ON(C)CCC(=O)NCCCN(C)C. The molecule has 0 aliphatic heterocycles. The highest BCUT2D eigenvalue weighted by molar-refractivity contribution is 5.75. The molecule has 1 amide bonds. The zero-order chi connectivity index (χ0) is 16.1. The van der Waals surface area contributed by atoms with E-state index in [-0.39, 0.29) is 12.0 Å². The van der Waals surface area contributed by atoms with Gasteiger partial charge < -0.3 is 19.7 Å². The van der Waals surface area contributed by atoms with Crippen LogP contribution in [0.15, 0.2) is 0 Å². The number of carbonyl (C=O) groups is 1. The Hall–Kier alpha value is -0.730. The average molecular weight is 305 g/mol.